The summed E-state index contributed by atoms with van der Waals surface area (Å²) in [5, 5.41) is 13.6. The lowest BCUT2D eigenvalue weighted by Crippen LogP contribution is -2.41. The van der Waals surface area contributed by atoms with E-state index in [2.05, 4.69) is 27.6 Å². The van der Waals surface area contributed by atoms with E-state index < -0.39 is 5.60 Å². The van der Waals surface area contributed by atoms with Gasteiger partial charge in [0, 0.05) is 6.54 Å². The maximum absolute atomic E-state index is 10.5. The molecule has 0 amide bonds. The monoisotopic (exact) mass is 251 g/mol. The second-order valence-electron chi connectivity index (χ2n) is 5.21. The van der Waals surface area contributed by atoms with Crippen molar-refractivity contribution in [3.8, 4) is 0 Å². The van der Waals surface area contributed by atoms with Crippen LogP contribution < -0.4 is 16.6 Å². The van der Waals surface area contributed by atoms with Crippen molar-refractivity contribution in [1.82, 2.24) is 9.97 Å². The maximum atomic E-state index is 10.5. The lowest BCUT2D eigenvalue weighted by atomic mass is 9.79. The van der Waals surface area contributed by atoms with Crippen LogP contribution in [0.5, 0.6) is 0 Å². The van der Waals surface area contributed by atoms with Crippen LogP contribution in [0.3, 0.4) is 0 Å². The molecule has 2 unspecified atom stereocenters. The maximum Gasteiger partial charge on any atom is 0.160 e. The van der Waals surface area contributed by atoms with Crippen LogP contribution in [0, 0.1) is 5.92 Å². The van der Waals surface area contributed by atoms with Crippen molar-refractivity contribution in [3.63, 3.8) is 0 Å². The summed E-state index contributed by atoms with van der Waals surface area (Å²) < 4.78 is 0. The highest BCUT2D eigenvalue weighted by molar-refractivity contribution is 5.40. The number of anilines is 2. The summed E-state index contributed by atoms with van der Waals surface area (Å²) in [6.07, 6.45) is 7.12. The van der Waals surface area contributed by atoms with Gasteiger partial charge in [-0.2, -0.15) is 0 Å². The number of hydrazine groups is 1. The second kappa shape index (κ2) is 5.49. The van der Waals surface area contributed by atoms with Crippen LogP contribution in [0.4, 0.5) is 11.6 Å². The average Bonchev–Trinajstić information content (AvgIpc) is 2.37. The number of hydrogen-bond donors (Lipinski definition) is 4. The van der Waals surface area contributed by atoms with Gasteiger partial charge in [0.2, 0.25) is 0 Å². The smallest absolute Gasteiger partial charge is 0.160 e. The Labute approximate surface area is 107 Å². The standard InChI is InChI=1S/C12H21N5O/c1-9-3-2-4-12(18,5-9)8-15-10-6-14-7-11(16-10)17-13/h6-7,9,18H,2-5,8,13H2,1H3,(H2,15,16,17). The van der Waals surface area contributed by atoms with Crippen LogP contribution in [-0.4, -0.2) is 27.2 Å². The van der Waals surface area contributed by atoms with E-state index in [9.17, 15) is 5.11 Å². The van der Waals surface area contributed by atoms with Crippen LogP contribution in [0.25, 0.3) is 0 Å². The highest BCUT2D eigenvalue weighted by Crippen LogP contribution is 2.32. The molecule has 5 N–H and O–H groups in total. The summed E-state index contributed by atoms with van der Waals surface area (Å²) in [7, 11) is 0. The first kappa shape index (κ1) is 13.0. The zero-order valence-corrected chi connectivity index (χ0v) is 10.7. The molecule has 1 heterocycles. The Morgan fingerprint density at radius 1 is 1.50 bits per heavy atom. The van der Waals surface area contributed by atoms with E-state index in [1.165, 1.54) is 6.42 Å². The van der Waals surface area contributed by atoms with Crippen LogP contribution in [-0.2, 0) is 0 Å². The third kappa shape index (κ3) is 3.30. The molecule has 1 aromatic heterocycles. The number of aromatic nitrogens is 2. The van der Waals surface area contributed by atoms with Crippen LogP contribution in [0.1, 0.15) is 32.6 Å². The van der Waals surface area contributed by atoms with Gasteiger partial charge in [-0.15, -0.1) is 0 Å². The molecular weight excluding hydrogens is 230 g/mol. The zero-order valence-electron chi connectivity index (χ0n) is 10.7. The third-order valence-electron chi connectivity index (χ3n) is 3.45. The van der Waals surface area contributed by atoms with E-state index in [4.69, 9.17) is 5.84 Å². The molecular formula is C12H21N5O. The molecule has 1 aliphatic carbocycles. The largest absolute Gasteiger partial charge is 0.388 e. The van der Waals surface area contributed by atoms with Crippen LogP contribution >= 0.6 is 0 Å². The van der Waals surface area contributed by atoms with Crippen LogP contribution in [0.2, 0.25) is 0 Å². The van der Waals surface area contributed by atoms with Crippen molar-refractivity contribution >= 4 is 11.6 Å². The Hall–Kier alpha value is -1.40. The lowest BCUT2D eigenvalue weighted by molar-refractivity contribution is -0.000829. The molecule has 0 spiro atoms. The van der Waals surface area contributed by atoms with Gasteiger partial charge in [-0.3, -0.25) is 4.98 Å². The van der Waals surface area contributed by atoms with Crippen molar-refractivity contribution in [2.24, 2.45) is 11.8 Å². The van der Waals surface area contributed by atoms with E-state index in [-0.39, 0.29) is 0 Å². The van der Waals surface area contributed by atoms with Crippen molar-refractivity contribution in [2.75, 3.05) is 17.3 Å². The summed E-state index contributed by atoms with van der Waals surface area (Å²) in [6.45, 7) is 2.68. The number of nitrogens with zero attached hydrogens (tertiary/aromatic N) is 2. The predicted molar refractivity (Wildman–Crippen MR) is 70.9 cm³/mol. The number of nitrogens with one attached hydrogen (secondary N) is 2. The summed E-state index contributed by atoms with van der Waals surface area (Å²) in [4.78, 5) is 8.21. The molecule has 1 aliphatic rings. The van der Waals surface area contributed by atoms with E-state index in [0.717, 1.165) is 19.3 Å². The van der Waals surface area contributed by atoms with Gasteiger partial charge in [-0.25, -0.2) is 10.8 Å². The van der Waals surface area contributed by atoms with Gasteiger partial charge in [0.15, 0.2) is 5.82 Å². The van der Waals surface area contributed by atoms with Crippen molar-refractivity contribution in [1.29, 1.82) is 0 Å². The average molecular weight is 251 g/mol. The van der Waals surface area contributed by atoms with Crippen LogP contribution in [0.15, 0.2) is 12.4 Å². The molecule has 0 aliphatic heterocycles. The third-order valence-corrected chi connectivity index (χ3v) is 3.45. The van der Waals surface area contributed by atoms with Gasteiger partial charge in [-0.1, -0.05) is 19.8 Å². The molecule has 1 aromatic rings. The molecule has 18 heavy (non-hydrogen) atoms. The zero-order chi connectivity index (χ0) is 13.0. The first-order valence-corrected chi connectivity index (χ1v) is 6.36. The molecule has 6 heteroatoms. The fourth-order valence-electron chi connectivity index (χ4n) is 2.57. The van der Waals surface area contributed by atoms with Gasteiger partial charge < -0.3 is 15.8 Å². The van der Waals surface area contributed by atoms with Gasteiger partial charge in [-0.05, 0) is 18.8 Å². The van der Waals surface area contributed by atoms with Gasteiger partial charge in [0.25, 0.3) is 0 Å². The number of nitrogens with two attached hydrogens (primary N) is 1. The van der Waals surface area contributed by atoms with E-state index >= 15 is 0 Å². The Bertz CT molecular complexity index is 400. The number of rotatable bonds is 4. The molecule has 6 nitrogen and oxygen atoms in total. The van der Waals surface area contributed by atoms with Crippen molar-refractivity contribution in [3.05, 3.63) is 12.4 Å². The highest BCUT2D eigenvalue weighted by atomic mass is 16.3. The first-order chi connectivity index (χ1) is 8.61. The van der Waals surface area contributed by atoms with E-state index in [1.807, 2.05) is 0 Å². The molecule has 0 saturated heterocycles. The molecule has 2 atom stereocenters. The Kier molecular flexibility index (Phi) is 3.98. The number of aliphatic hydroxyl groups is 1. The van der Waals surface area contributed by atoms with Gasteiger partial charge in [0.05, 0.1) is 18.0 Å². The minimum Gasteiger partial charge on any atom is -0.388 e. The summed E-state index contributed by atoms with van der Waals surface area (Å²) >= 11 is 0. The minimum absolute atomic E-state index is 0.500. The summed E-state index contributed by atoms with van der Waals surface area (Å²) in [6, 6.07) is 0. The number of hydrogen-bond acceptors (Lipinski definition) is 6. The molecule has 0 bridgehead atoms. The van der Waals surface area contributed by atoms with Crippen molar-refractivity contribution < 1.29 is 5.11 Å². The lowest BCUT2D eigenvalue weighted by Gasteiger charge is -2.35. The number of nitrogen functional groups attached to an aromatic ring is 1. The minimum atomic E-state index is -0.633. The summed E-state index contributed by atoms with van der Waals surface area (Å²) in [5.41, 5.74) is 1.81. The topological polar surface area (TPSA) is 96.1 Å². The Morgan fingerprint density at radius 2 is 2.28 bits per heavy atom. The predicted octanol–water partition coefficient (Wildman–Crippen LogP) is 1.12. The molecule has 1 fully saturated rings. The van der Waals surface area contributed by atoms with E-state index in [1.54, 1.807) is 12.4 Å². The Balaban J connectivity index is 1.93. The normalized spacial score (nSPS) is 27.8. The molecule has 2 rings (SSSR count). The van der Waals surface area contributed by atoms with Gasteiger partial charge in [0.1, 0.15) is 5.82 Å². The SMILES string of the molecule is CC1CCCC(O)(CNc2cncc(NN)n2)C1. The molecule has 1 saturated carbocycles. The second-order valence-corrected chi connectivity index (χ2v) is 5.21. The summed E-state index contributed by atoms with van der Waals surface area (Å²) in [5.74, 6) is 6.98. The Morgan fingerprint density at radius 3 is 3.00 bits per heavy atom. The molecule has 0 radical (unpaired) electrons. The fraction of sp³-hybridized carbons (Fsp3) is 0.667. The highest BCUT2D eigenvalue weighted by Gasteiger charge is 2.32. The first-order valence-electron chi connectivity index (χ1n) is 6.36. The van der Waals surface area contributed by atoms with Gasteiger partial charge >= 0.3 is 0 Å². The molecule has 100 valence electrons. The quantitative estimate of drug-likeness (QED) is 0.473. The van der Waals surface area contributed by atoms with Crippen molar-refractivity contribution in [2.45, 2.75) is 38.2 Å². The molecule has 0 aromatic carbocycles. The van der Waals surface area contributed by atoms with E-state index in [0.29, 0.717) is 24.1 Å². The fourth-order valence-corrected chi connectivity index (χ4v) is 2.57.